The molecule has 2 rings (SSSR count). The lowest BCUT2D eigenvalue weighted by Gasteiger charge is -2.14. The molecule has 0 bridgehead atoms. The van der Waals surface area contributed by atoms with Crippen molar-refractivity contribution in [3.05, 3.63) is 23.2 Å². The van der Waals surface area contributed by atoms with Gasteiger partial charge in [0.25, 0.3) is 0 Å². The Balaban J connectivity index is 2.21. The van der Waals surface area contributed by atoms with Crippen LogP contribution in [0.15, 0.2) is 10.5 Å². The van der Waals surface area contributed by atoms with E-state index in [4.69, 9.17) is 4.42 Å². The highest BCUT2D eigenvalue weighted by Gasteiger charge is 2.37. The van der Waals surface area contributed by atoms with Gasteiger partial charge in [0, 0.05) is 6.42 Å². The zero-order chi connectivity index (χ0) is 13.8. The fourth-order valence-electron chi connectivity index (χ4n) is 2.72. The molecule has 3 nitrogen and oxygen atoms in total. The molecule has 1 saturated heterocycles. The van der Waals surface area contributed by atoms with Crippen LogP contribution >= 0.6 is 0 Å². The molecule has 1 unspecified atom stereocenters. The van der Waals surface area contributed by atoms with Gasteiger partial charge in [0.05, 0.1) is 5.56 Å². The van der Waals surface area contributed by atoms with Crippen molar-refractivity contribution in [1.82, 2.24) is 0 Å². The zero-order valence-corrected chi connectivity index (χ0v) is 12.6. The number of ketones is 1. The van der Waals surface area contributed by atoms with Crippen LogP contribution in [0.1, 0.15) is 59.7 Å². The predicted molar refractivity (Wildman–Crippen MR) is 76.6 cm³/mol. The van der Waals surface area contributed by atoms with E-state index in [2.05, 4.69) is 0 Å². The van der Waals surface area contributed by atoms with Gasteiger partial charge in [-0.3, -0.25) is 4.79 Å². The van der Waals surface area contributed by atoms with Crippen LogP contribution in [0.3, 0.4) is 0 Å². The van der Waals surface area contributed by atoms with Crippen LogP contribution < -0.4 is 5.11 Å². The molecular weight excluding hydrogens is 260 g/mol. The lowest BCUT2D eigenvalue weighted by molar-refractivity contribution is -0.368. The third kappa shape index (κ3) is 3.42. The maximum Gasteiger partial charge on any atom is 0.175 e. The molecular formula is C15H22O3S. The van der Waals surface area contributed by atoms with Gasteiger partial charge in [0.1, 0.15) is 17.3 Å². The van der Waals surface area contributed by atoms with Crippen LogP contribution in [-0.2, 0) is 10.9 Å². The second-order valence-corrected chi connectivity index (χ2v) is 7.62. The van der Waals surface area contributed by atoms with Gasteiger partial charge < -0.3 is 9.52 Å². The summed E-state index contributed by atoms with van der Waals surface area (Å²) in [6.45, 7) is 3.40. The van der Waals surface area contributed by atoms with Crippen molar-refractivity contribution in [2.75, 3.05) is 18.1 Å². The summed E-state index contributed by atoms with van der Waals surface area (Å²) >= 11 is 0. The first-order valence-electron chi connectivity index (χ1n) is 6.99. The topological polar surface area (TPSA) is 53.3 Å². The van der Waals surface area contributed by atoms with E-state index in [-0.39, 0.29) is 12.4 Å². The summed E-state index contributed by atoms with van der Waals surface area (Å²) in [5, 5.41) is 11.1. The minimum Gasteiger partial charge on any atom is -0.854 e. The van der Waals surface area contributed by atoms with Crippen molar-refractivity contribution in [3.8, 4) is 0 Å². The fourth-order valence-corrected chi connectivity index (χ4v) is 5.58. The molecule has 0 radical (unpaired) electrons. The Kier molecular flexibility index (Phi) is 5.11. The molecule has 0 aliphatic carbocycles. The van der Waals surface area contributed by atoms with Crippen LogP contribution in [-0.4, -0.2) is 23.9 Å². The van der Waals surface area contributed by atoms with Crippen molar-refractivity contribution >= 4 is 16.7 Å². The molecule has 1 fully saturated rings. The molecule has 19 heavy (non-hydrogen) atoms. The van der Waals surface area contributed by atoms with Crippen molar-refractivity contribution in [2.45, 2.75) is 44.8 Å². The van der Waals surface area contributed by atoms with E-state index in [1.807, 2.05) is 13.0 Å². The largest absolute Gasteiger partial charge is 0.854 e. The van der Waals surface area contributed by atoms with E-state index >= 15 is 0 Å². The molecule has 106 valence electrons. The summed E-state index contributed by atoms with van der Waals surface area (Å²) in [5.74, 6) is 4.21. The molecule has 1 atom stereocenters. The molecule has 1 aliphatic heterocycles. The Labute approximate surface area is 117 Å². The van der Waals surface area contributed by atoms with Crippen molar-refractivity contribution in [1.29, 1.82) is 0 Å². The third-order valence-corrected chi connectivity index (χ3v) is 6.61. The smallest absolute Gasteiger partial charge is 0.175 e. The first-order chi connectivity index (χ1) is 9.13. The van der Waals surface area contributed by atoms with Gasteiger partial charge in [0.2, 0.25) is 0 Å². The molecule has 4 heteroatoms. The van der Waals surface area contributed by atoms with Crippen molar-refractivity contribution < 1.29 is 14.3 Å². The molecule has 0 spiro atoms. The summed E-state index contributed by atoms with van der Waals surface area (Å²) in [6.07, 6.45) is 4.17. The van der Waals surface area contributed by atoms with Crippen LogP contribution in [0.5, 0.6) is 0 Å². The van der Waals surface area contributed by atoms with E-state index in [0.29, 0.717) is 28.1 Å². The standard InChI is InChI=1S/C15H22O3S/c1-11(17)13-10-14(18-12(13)2)15(6-5-7-16)19-8-3-4-9-19/h10,15H,3-9H2,1-2H3. The van der Waals surface area contributed by atoms with Crippen LogP contribution in [0.25, 0.3) is 0 Å². The molecule has 0 amide bonds. The van der Waals surface area contributed by atoms with E-state index in [9.17, 15) is 9.90 Å². The van der Waals surface area contributed by atoms with Gasteiger partial charge in [-0.2, -0.15) is 0 Å². The van der Waals surface area contributed by atoms with Gasteiger partial charge in [0.15, 0.2) is 16.8 Å². The first kappa shape index (κ1) is 14.7. The molecule has 2 heterocycles. The molecule has 0 N–H and O–H groups in total. The van der Waals surface area contributed by atoms with E-state index < -0.39 is 0 Å². The predicted octanol–water partition coefficient (Wildman–Crippen LogP) is 2.38. The fraction of sp³-hybridized carbons (Fsp3) is 0.667. The minimum atomic E-state index is -0.0209. The lowest BCUT2D eigenvalue weighted by atomic mass is 10.1. The second-order valence-electron chi connectivity index (χ2n) is 5.16. The SMILES string of the molecule is CC(=O)c1cc(C(CCC[O-])[S+]2CCCC2)oc1C. The quantitative estimate of drug-likeness (QED) is 0.594. The average molecular weight is 282 g/mol. The summed E-state index contributed by atoms with van der Waals surface area (Å²) in [6, 6.07) is 1.92. The highest BCUT2D eigenvalue weighted by Crippen LogP contribution is 2.36. The first-order valence-corrected chi connectivity index (χ1v) is 8.61. The van der Waals surface area contributed by atoms with E-state index in [1.54, 1.807) is 6.92 Å². The summed E-state index contributed by atoms with van der Waals surface area (Å²) in [7, 11) is 0.330. The monoisotopic (exact) mass is 282 g/mol. The van der Waals surface area contributed by atoms with Gasteiger partial charge >= 0.3 is 0 Å². The Morgan fingerprint density at radius 2 is 2.16 bits per heavy atom. The zero-order valence-electron chi connectivity index (χ0n) is 11.7. The van der Waals surface area contributed by atoms with Gasteiger partial charge in [-0.25, -0.2) is 0 Å². The van der Waals surface area contributed by atoms with Gasteiger partial charge in [-0.1, -0.05) is 6.42 Å². The Bertz CT molecular complexity index is 433. The highest BCUT2D eigenvalue weighted by atomic mass is 32.2. The number of carbonyl (C=O) groups is 1. The number of aryl methyl sites for hydroxylation is 1. The van der Waals surface area contributed by atoms with E-state index in [0.717, 1.165) is 17.9 Å². The molecule has 1 aromatic heterocycles. The normalized spacial score (nSPS) is 17.8. The summed E-state index contributed by atoms with van der Waals surface area (Å²) in [4.78, 5) is 11.5. The number of hydrogen-bond acceptors (Lipinski definition) is 3. The Hall–Kier alpha value is -0.740. The van der Waals surface area contributed by atoms with Crippen LogP contribution in [0, 0.1) is 6.92 Å². The Morgan fingerprint density at radius 1 is 1.47 bits per heavy atom. The van der Waals surface area contributed by atoms with Gasteiger partial charge in [-0.05, 0) is 43.7 Å². The maximum atomic E-state index is 11.5. The third-order valence-electron chi connectivity index (χ3n) is 3.71. The van der Waals surface area contributed by atoms with Crippen molar-refractivity contribution in [2.24, 2.45) is 0 Å². The average Bonchev–Trinajstić information content (AvgIpc) is 2.99. The van der Waals surface area contributed by atoms with Gasteiger partial charge in [-0.15, -0.1) is 6.61 Å². The number of Topliss-reactive ketones (excluding diaryl/α,β-unsaturated/α-hetero) is 1. The van der Waals surface area contributed by atoms with Crippen molar-refractivity contribution in [3.63, 3.8) is 0 Å². The molecule has 1 aliphatic rings. The molecule has 0 saturated carbocycles. The second kappa shape index (κ2) is 6.62. The van der Waals surface area contributed by atoms with Crippen LogP contribution in [0.2, 0.25) is 0 Å². The minimum absolute atomic E-state index is 0.0209. The molecule has 1 aromatic rings. The molecule has 0 aromatic carbocycles. The van der Waals surface area contributed by atoms with Crippen LogP contribution in [0.4, 0.5) is 0 Å². The van der Waals surface area contributed by atoms with E-state index in [1.165, 1.54) is 24.3 Å². The lowest BCUT2D eigenvalue weighted by Crippen LogP contribution is -2.17. The summed E-state index contributed by atoms with van der Waals surface area (Å²) in [5.41, 5.74) is 0.699. The highest BCUT2D eigenvalue weighted by molar-refractivity contribution is 7.97. The Morgan fingerprint density at radius 3 is 2.68 bits per heavy atom. The number of hydrogen-bond donors (Lipinski definition) is 0. The number of rotatable bonds is 6. The maximum absolute atomic E-state index is 11.5. The number of carbonyl (C=O) groups excluding carboxylic acids is 1. The number of furan rings is 1. The summed E-state index contributed by atoms with van der Waals surface area (Å²) < 4.78 is 5.83.